The monoisotopic (exact) mass is 283 g/mol. The summed E-state index contributed by atoms with van der Waals surface area (Å²) in [6, 6.07) is 17.9. The first-order valence-electron chi connectivity index (χ1n) is 7.80. The SMILES string of the molecule is CCCNC(c1cccc(F)c1)C1(c2ccccc2)CC1. The van der Waals surface area contributed by atoms with Crippen LogP contribution in [0.25, 0.3) is 0 Å². The van der Waals surface area contributed by atoms with Gasteiger partial charge in [0.2, 0.25) is 0 Å². The van der Waals surface area contributed by atoms with Crippen LogP contribution in [-0.4, -0.2) is 6.54 Å². The minimum atomic E-state index is -0.153. The fourth-order valence-electron chi connectivity index (χ4n) is 3.26. The normalized spacial score (nSPS) is 17.4. The molecule has 3 rings (SSSR count). The standard InChI is InChI=1S/C19H22FN/c1-2-13-21-18(15-7-6-10-17(20)14-15)19(11-12-19)16-8-4-3-5-9-16/h3-10,14,18,21H,2,11-13H2,1H3. The molecule has 0 spiro atoms. The third-order valence-electron chi connectivity index (χ3n) is 4.47. The third kappa shape index (κ3) is 2.86. The lowest BCUT2D eigenvalue weighted by Crippen LogP contribution is -2.32. The Labute approximate surface area is 126 Å². The van der Waals surface area contributed by atoms with E-state index in [0.29, 0.717) is 0 Å². The van der Waals surface area contributed by atoms with Gasteiger partial charge in [0.25, 0.3) is 0 Å². The van der Waals surface area contributed by atoms with Crippen molar-refractivity contribution in [2.24, 2.45) is 0 Å². The lowest BCUT2D eigenvalue weighted by Gasteiger charge is -2.29. The van der Waals surface area contributed by atoms with Crippen molar-refractivity contribution in [2.45, 2.75) is 37.6 Å². The first-order chi connectivity index (χ1) is 10.3. The molecule has 1 unspecified atom stereocenters. The van der Waals surface area contributed by atoms with Gasteiger partial charge in [-0.05, 0) is 49.1 Å². The zero-order chi connectivity index (χ0) is 14.7. The molecule has 2 aromatic rings. The molecular weight excluding hydrogens is 261 g/mol. The van der Waals surface area contributed by atoms with Gasteiger partial charge in [-0.2, -0.15) is 0 Å². The van der Waals surface area contributed by atoms with Crippen LogP contribution in [0.5, 0.6) is 0 Å². The number of hydrogen-bond donors (Lipinski definition) is 1. The van der Waals surface area contributed by atoms with Crippen LogP contribution in [0, 0.1) is 5.82 Å². The van der Waals surface area contributed by atoms with Gasteiger partial charge in [0.15, 0.2) is 0 Å². The second kappa shape index (κ2) is 5.98. The summed E-state index contributed by atoms with van der Waals surface area (Å²) in [5.41, 5.74) is 2.55. The van der Waals surface area contributed by atoms with Gasteiger partial charge in [-0.15, -0.1) is 0 Å². The fraction of sp³-hybridized carbons (Fsp3) is 0.368. The van der Waals surface area contributed by atoms with Crippen molar-refractivity contribution >= 4 is 0 Å². The van der Waals surface area contributed by atoms with Crippen LogP contribution in [0.2, 0.25) is 0 Å². The van der Waals surface area contributed by atoms with Gasteiger partial charge < -0.3 is 5.32 Å². The minimum absolute atomic E-state index is 0.129. The maximum Gasteiger partial charge on any atom is 0.123 e. The predicted molar refractivity (Wildman–Crippen MR) is 84.8 cm³/mol. The minimum Gasteiger partial charge on any atom is -0.309 e. The molecule has 0 heterocycles. The van der Waals surface area contributed by atoms with Crippen molar-refractivity contribution < 1.29 is 4.39 Å². The number of hydrogen-bond acceptors (Lipinski definition) is 1. The molecule has 1 aliphatic carbocycles. The van der Waals surface area contributed by atoms with E-state index in [4.69, 9.17) is 0 Å². The number of rotatable bonds is 6. The molecule has 0 amide bonds. The Hall–Kier alpha value is -1.67. The second-order valence-corrected chi connectivity index (χ2v) is 5.96. The quantitative estimate of drug-likeness (QED) is 0.817. The molecule has 21 heavy (non-hydrogen) atoms. The van der Waals surface area contributed by atoms with E-state index in [-0.39, 0.29) is 17.3 Å². The largest absolute Gasteiger partial charge is 0.309 e. The van der Waals surface area contributed by atoms with Crippen molar-refractivity contribution in [3.63, 3.8) is 0 Å². The Morgan fingerprint density at radius 3 is 2.48 bits per heavy atom. The van der Waals surface area contributed by atoms with Gasteiger partial charge in [0.05, 0.1) is 0 Å². The summed E-state index contributed by atoms with van der Waals surface area (Å²) >= 11 is 0. The van der Waals surface area contributed by atoms with Gasteiger partial charge in [0.1, 0.15) is 5.82 Å². The smallest absolute Gasteiger partial charge is 0.123 e. The van der Waals surface area contributed by atoms with Gasteiger partial charge in [0, 0.05) is 11.5 Å². The molecular formula is C19H22FN. The zero-order valence-electron chi connectivity index (χ0n) is 12.5. The number of nitrogens with one attached hydrogen (secondary N) is 1. The Kier molecular flexibility index (Phi) is 4.07. The highest BCUT2D eigenvalue weighted by atomic mass is 19.1. The van der Waals surface area contributed by atoms with E-state index in [2.05, 4.69) is 42.6 Å². The summed E-state index contributed by atoms with van der Waals surface area (Å²) in [7, 11) is 0. The molecule has 110 valence electrons. The molecule has 0 saturated heterocycles. The molecule has 1 nitrogen and oxygen atoms in total. The summed E-state index contributed by atoms with van der Waals surface area (Å²) in [5, 5.41) is 3.65. The molecule has 2 heteroatoms. The van der Waals surface area contributed by atoms with E-state index in [1.807, 2.05) is 12.1 Å². The fourth-order valence-corrected chi connectivity index (χ4v) is 3.26. The number of benzene rings is 2. The zero-order valence-corrected chi connectivity index (χ0v) is 12.5. The van der Waals surface area contributed by atoms with Crippen molar-refractivity contribution in [1.29, 1.82) is 0 Å². The molecule has 0 bridgehead atoms. The Bertz CT molecular complexity index is 590. The van der Waals surface area contributed by atoms with E-state index < -0.39 is 0 Å². The first-order valence-corrected chi connectivity index (χ1v) is 7.80. The molecule has 1 fully saturated rings. The van der Waals surface area contributed by atoms with Crippen molar-refractivity contribution in [3.8, 4) is 0 Å². The predicted octanol–water partition coefficient (Wildman–Crippen LogP) is 4.60. The summed E-state index contributed by atoms with van der Waals surface area (Å²) in [5.74, 6) is -0.153. The van der Waals surface area contributed by atoms with E-state index in [1.165, 1.54) is 11.6 Å². The van der Waals surface area contributed by atoms with Crippen molar-refractivity contribution in [1.82, 2.24) is 5.32 Å². The molecule has 1 atom stereocenters. The van der Waals surface area contributed by atoms with Gasteiger partial charge >= 0.3 is 0 Å². The summed E-state index contributed by atoms with van der Waals surface area (Å²) in [4.78, 5) is 0. The Morgan fingerprint density at radius 2 is 1.86 bits per heavy atom. The van der Waals surface area contributed by atoms with Gasteiger partial charge in [-0.3, -0.25) is 0 Å². The van der Waals surface area contributed by atoms with E-state index in [9.17, 15) is 4.39 Å². The maximum absolute atomic E-state index is 13.6. The second-order valence-electron chi connectivity index (χ2n) is 5.96. The Balaban J connectivity index is 1.96. The lowest BCUT2D eigenvalue weighted by molar-refractivity contribution is 0.427. The van der Waals surface area contributed by atoms with Crippen LogP contribution in [0.4, 0.5) is 4.39 Å². The molecule has 1 saturated carbocycles. The summed E-state index contributed by atoms with van der Waals surface area (Å²) in [6.45, 7) is 3.12. The average molecular weight is 283 g/mol. The topological polar surface area (TPSA) is 12.0 Å². The van der Waals surface area contributed by atoms with Crippen LogP contribution >= 0.6 is 0 Å². The average Bonchev–Trinajstić information content (AvgIpc) is 3.30. The molecule has 0 aromatic heterocycles. The third-order valence-corrected chi connectivity index (χ3v) is 4.47. The van der Waals surface area contributed by atoms with Crippen molar-refractivity contribution in [2.75, 3.05) is 6.54 Å². The van der Waals surface area contributed by atoms with Crippen LogP contribution in [-0.2, 0) is 5.41 Å². The highest BCUT2D eigenvalue weighted by Gasteiger charge is 2.50. The highest BCUT2D eigenvalue weighted by Crippen LogP contribution is 2.56. The number of halogens is 1. The van der Waals surface area contributed by atoms with E-state index >= 15 is 0 Å². The summed E-state index contributed by atoms with van der Waals surface area (Å²) in [6.07, 6.45) is 3.40. The van der Waals surface area contributed by atoms with Gasteiger partial charge in [-0.25, -0.2) is 4.39 Å². The Morgan fingerprint density at radius 1 is 1.10 bits per heavy atom. The maximum atomic E-state index is 13.6. The van der Waals surface area contributed by atoms with Crippen molar-refractivity contribution in [3.05, 3.63) is 71.5 Å². The molecule has 1 aliphatic rings. The van der Waals surface area contributed by atoms with E-state index in [1.54, 1.807) is 6.07 Å². The van der Waals surface area contributed by atoms with E-state index in [0.717, 1.165) is 31.4 Å². The highest BCUT2D eigenvalue weighted by molar-refractivity contribution is 5.38. The molecule has 2 aromatic carbocycles. The molecule has 0 aliphatic heterocycles. The first kappa shape index (κ1) is 14.3. The van der Waals surface area contributed by atoms with Crippen LogP contribution < -0.4 is 5.32 Å². The van der Waals surface area contributed by atoms with Gasteiger partial charge in [-0.1, -0.05) is 49.4 Å². The van der Waals surface area contributed by atoms with Crippen LogP contribution in [0.1, 0.15) is 43.4 Å². The molecule has 0 radical (unpaired) electrons. The van der Waals surface area contributed by atoms with Crippen LogP contribution in [0.3, 0.4) is 0 Å². The molecule has 1 N–H and O–H groups in total. The van der Waals surface area contributed by atoms with Crippen LogP contribution in [0.15, 0.2) is 54.6 Å². The lowest BCUT2D eigenvalue weighted by atomic mass is 9.83. The summed E-state index contributed by atoms with van der Waals surface area (Å²) < 4.78 is 13.6.